The molecule has 0 heterocycles. The number of halogens is 3. The summed E-state index contributed by atoms with van der Waals surface area (Å²) in [7, 11) is 0. The van der Waals surface area contributed by atoms with Gasteiger partial charge in [0.1, 0.15) is 6.04 Å². The first-order chi connectivity index (χ1) is 12.2. The molecule has 1 atom stereocenters. The van der Waals surface area contributed by atoms with Crippen molar-refractivity contribution in [1.82, 2.24) is 10.2 Å². The molecule has 1 rings (SSSR count). The number of hydrogen-bond donors (Lipinski definition) is 2. The Hall–Kier alpha value is -2.22. The molecule has 6 nitrogen and oxygen atoms in total. The molecule has 0 bridgehead atoms. The summed E-state index contributed by atoms with van der Waals surface area (Å²) in [4.78, 5) is 37.6. The van der Waals surface area contributed by atoms with E-state index in [1.807, 2.05) is 6.92 Å². The molecule has 144 valence electrons. The van der Waals surface area contributed by atoms with E-state index in [-0.39, 0.29) is 23.6 Å². The van der Waals surface area contributed by atoms with Crippen molar-refractivity contribution >= 4 is 29.3 Å². The second kappa shape index (κ2) is 10.1. The van der Waals surface area contributed by atoms with Crippen molar-refractivity contribution in [3.05, 3.63) is 34.4 Å². The molecule has 9 heteroatoms. The van der Waals surface area contributed by atoms with Crippen LogP contribution in [0, 0.1) is 11.6 Å². The zero-order chi connectivity index (χ0) is 19.9. The molecule has 1 aromatic rings. The maximum atomic E-state index is 13.5. The molecular formula is C17H22ClF2N3O3. The van der Waals surface area contributed by atoms with Crippen LogP contribution in [0.4, 0.5) is 8.78 Å². The van der Waals surface area contributed by atoms with Gasteiger partial charge in [0.05, 0.1) is 17.0 Å². The van der Waals surface area contributed by atoms with Crippen molar-refractivity contribution in [3.63, 3.8) is 0 Å². The van der Waals surface area contributed by atoms with Crippen LogP contribution in [0.25, 0.3) is 0 Å². The van der Waals surface area contributed by atoms with Gasteiger partial charge in [-0.3, -0.25) is 14.4 Å². The lowest BCUT2D eigenvalue weighted by Crippen LogP contribution is -2.50. The van der Waals surface area contributed by atoms with Crippen molar-refractivity contribution in [2.75, 3.05) is 13.1 Å². The number of rotatable bonds is 9. The van der Waals surface area contributed by atoms with Crippen LogP contribution in [0.5, 0.6) is 0 Å². The lowest BCUT2D eigenvalue weighted by atomic mass is 10.1. The number of benzene rings is 1. The second-order valence-electron chi connectivity index (χ2n) is 5.72. The summed E-state index contributed by atoms with van der Waals surface area (Å²) < 4.78 is 26.8. The molecule has 3 N–H and O–H groups in total. The molecule has 0 spiro atoms. The number of primary amides is 1. The minimum Gasteiger partial charge on any atom is -0.368 e. The number of amides is 3. The highest BCUT2D eigenvalue weighted by molar-refractivity contribution is 6.33. The Morgan fingerprint density at radius 1 is 1.19 bits per heavy atom. The van der Waals surface area contributed by atoms with Crippen molar-refractivity contribution in [2.45, 2.75) is 39.2 Å². The fraction of sp³-hybridized carbons (Fsp3) is 0.471. The van der Waals surface area contributed by atoms with E-state index in [4.69, 9.17) is 17.3 Å². The largest absolute Gasteiger partial charge is 0.368 e. The number of hydrogen-bond acceptors (Lipinski definition) is 3. The Kier molecular flexibility index (Phi) is 8.44. The molecule has 0 aliphatic rings. The van der Waals surface area contributed by atoms with E-state index in [0.29, 0.717) is 31.5 Å². The third-order valence-corrected chi connectivity index (χ3v) is 3.93. The summed E-state index contributed by atoms with van der Waals surface area (Å²) in [6, 6.07) is 0.114. The van der Waals surface area contributed by atoms with Crippen molar-refractivity contribution < 1.29 is 23.2 Å². The third-order valence-electron chi connectivity index (χ3n) is 3.62. The Bertz CT molecular complexity index is 685. The highest BCUT2D eigenvalue weighted by Crippen LogP contribution is 2.23. The van der Waals surface area contributed by atoms with Gasteiger partial charge in [-0.25, -0.2) is 8.78 Å². The average Bonchev–Trinajstić information content (AvgIpc) is 2.58. The minimum absolute atomic E-state index is 0.0861. The van der Waals surface area contributed by atoms with Gasteiger partial charge in [0.2, 0.25) is 11.8 Å². The van der Waals surface area contributed by atoms with Crippen molar-refractivity contribution in [2.24, 2.45) is 5.73 Å². The van der Waals surface area contributed by atoms with E-state index in [2.05, 4.69) is 5.32 Å². The zero-order valence-electron chi connectivity index (χ0n) is 14.7. The van der Waals surface area contributed by atoms with Gasteiger partial charge in [-0.05, 0) is 25.0 Å². The first-order valence-corrected chi connectivity index (χ1v) is 8.62. The van der Waals surface area contributed by atoms with Crippen molar-refractivity contribution in [1.29, 1.82) is 0 Å². The molecular weight excluding hydrogens is 368 g/mol. The maximum Gasteiger partial charge on any atom is 0.256 e. The number of carbonyl (C=O) groups excluding carboxylic acids is 3. The molecule has 0 radical (unpaired) electrons. The number of nitrogens with one attached hydrogen (secondary N) is 1. The van der Waals surface area contributed by atoms with E-state index < -0.39 is 35.4 Å². The number of nitrogens with zero attached hydrogens (tertiary/aromatic N) is 1. The highest BCUT2D eigenvalue weighted by Gasteiger charge is 2.31. The Morgan fingerprint density at radius 3 is 2.35 bits per heavy atom. The van der Waals surface area contributed by atoms with Crippen LogP contribution in [0.3, 0.4) is 0 Å². The van der Waals surface area contributed by atoms with Gasteiger partial charge in [-0.2, -0.15) is 0 Å². The summed E-state index contributed by atoms with van der Waals surface area (Å²) in [5, 5.41) is 2.30. The highest BCUT2D eigenvalue weighted by atomic mass is 35.5. The first-order valence-electron chi connectivity index (χ1n) is 8.24. The van der Waals surface area contributed by atoms with Crippen LogP contribution in [0.15, 0.2) is 12.1 Å². The smallest absolute Gasteiger partial charge is 0.256 e. The molecule has 26 heavy (non-hydrogen) atoms. The lowest BCUT2D eigenvalue weighted by molar-refractivity contribution is -0.129. The summed E-state index contributed by atoms with van der Waals surface area (Å²) in [6.07, 6.45) is 0.824. The molecule has 0 saturated carbocycles. The maximum absolute atomic E-state index is 13.5. The van der Waals surface area contributed by atoms with E-state index in [0.717, 1.165) is 4.90 Å². The SMILES string of the molecule is CCCNC(=O)CC(C(N)=O)N(CCC)C(=O)c1cc(F)c(F)cc1Cl. The molecule has 1 aromatic carbocycles. The number of nitrogens with two attached hydrogens (primary N) is 1. The second-order valence-corrected chi connectivity index (χ2v) is 6.12. The standard InChI is InChI=1S/C17H22ClF2N3O3/c1-3-5-22-15(24)9-14(16(21)25)23(6-4-2)17(26)10-7-12(19)13(20)8-11(10)18/h7-8,14H,3-6,9H2,1-2H3,(H2,21,25)(H,22,24). The summed E-state index contributed by atoms with van der Waals surface area (Å²) in [5.74, 6) is -4.56. The molecule has 0 saturated heterocycles. The minimum atomic E-state index is -1.24. The van der Waals surface area contributed by atoms with Crippen LogP contribution < -0.4 is 11.1 Å². The van der Waals surface area contributed by atoms with Gasteiger partial charge in [0.25, 0.3) is 5.91 Å². The van der Waals surface area contributed by atoms with Gasteiger partial charge in [-0.15, -0.1) is 0 Å². The summed E-state index contributed by atoms with van der Waals surface area (Å²) in [5.41, 5.74) is 5.07. The van der Waals surface area contributed by atoms with E-state index in [1.54, 1.807) is 6.92 Å². The Labute approximate surface area is 155 Å². The normalized spacial score (nSPS) is 11.7. The van der Waals surface area contributed by atoms with Crippen LogP contribution >= 0.6 is 11.6 Å². The first kappa shape index (κ1) is 21.8. The fourth-order valence-corrected chi connectivity index (χ4v) is 2.59. The predicted molar refractivity (Wildman–Crippen MR) is 93.6 cm³/mol. The summed E-state index contributed by atoms with van der Waals surface area (Å²) >= 11 is 5.85. The molecule has 0 aliphatic heterocycles. The monoisotopic (exact) mass is 389 g/mol. The Morgan fingerprint density at radius 2 is 1.81 bits per heavy atom. The van der Waals surface area contributed by atoms with E-state index >= 15 is 0 Å². The van der Waals surface area contributed by atoms with Crippen LogP contribution in [0.2, 0.25) is 5.02 Å². The molecule has 0 aliphatic carbocycles. The quantitative estimate of drug-likeness (QED) is 0.634. The topological polar surface area (TPSA) is 92.5 Å². The van der Waals surface area contributed by atoms with Gasteiger partial charge in [0, 0.05) is 13.1 Å². The number of carbonyl (C=O) groups is 3. The van der Waals surface area contributed by atoms with Gasteiger partial charge in [0.15, 0.2) is 11.6 Å². The third kappa shape index (κ3) is 5.66. The van der Waals surface area contributed by atoms with Crippen LogP contribution in [-0.4, -0.2) is 41.8 Å². The van der Waals surface area contributed by atoms with Gasteiger partial charge >= 0.3 is 0 Å². The lowest BCUT2D eigenvalue weighted by Gasteiger charge is -2.29. The fourth-order valence-electron chi connectivity index (χ4n) is 2.36. The molecule has 3 amide bonds. The molecule has 1 unspecified atom stereocenters. The molecule has 0 fully saturated rings. The zero-order valence-corrected chi connectivity index (χ0v) is 15.4. The van der Waals surface area contributed by atoms with Crippen molar-refractivity contribution in [3.8, 4) is 0 Å². The average molecular weight is 390 g/mol. The van der Waals surface area contributed by atoms with Gasteiger partial charge < -0.3 is 16.0 Å². The van der Waals surface area contributed by atoms with Gasteiger partial charge in [-0.1, -0.05) is 25.4 Å². The van der Waals surface area contributed by atoms with Crippen LogP contribution in [0.1, 0.15) is 43.5 Å². The predicted octanol–water partition coefficient (Wildman–Crippen LogP) is 2.24. The van der Waals surface area contributed by atoms with E-state index in [1.165, 1.54) is 0 Å². The van der Waals surface area contributed by atoms with E-state index in [9.17, 15) is 23.2 Å². The Balaban J connectivity index is 3.17. The molecule has 0 aromatic heterocycles. The van der Waals surface area contributed by atoms with Crippen LogP contribution in [-0.2, 0) is 9.59 Å². The summed E-state index contributed by atoms with van der Waals surface area (Å²) in [6.45, 7) is 4.12.